The average molecular weight is 358 g/mol. The molecule has 1 amide bonds. The summed E-state index contributed by atoms with van der Waals surface area (Å²) in [5, 5.41) is 2.93. The molecule has 0 atom stereocenters. The topological polar surface area (TPSA) is 84.1 Å². The molecule has 122 valence electrons. The molecule has 1 heterocycles. The molecular formula is C14H13ClFN3O3S. The molecule has 2 N–H and O–H groups in total. The second-order valence-corrected chi connectivity index (χ2v) is 5.66. The van der Waals surface area contributed by atoms with Crippen LogP contribution in [0.15, 0.2) is 29.6 Å². The van der Waals surface area contributed by atoms with Crippen LogP contribution in [0.4, 0.5) is 10.1 Å². The third kappa shape index (κ3) is 4.97. The number of benzene rings is 1. The maximum absolute atomic E-state index is 13.0. The molecule has 2 rings (SSSR count). The number of halogens is 2. The van der Waals surface area contributed by atoms with E-state index in [4.69, 9.17) is 16.3 Å². The van der Waals surface area contributed by atoms with Crippen molar-refractivity contribution in [2.45, 2.75) is 12.1 Å². The molecule has 0 aliphatic rings. The lowest BCUT2D eigenvalue weighted by Gasteiger charge is -2.05. The number of thioether (sulfide) groups is 1. The number of nitrogens with zero attached hydrogens (tertiary/aromatic N) is 1. The number of imidazole rings is 1. The van der Waals surface area contributed by atoms with E-state index in [0.29, 0.717) is 10.8 Å². The van der Waals surface area contributed by atoms with Gasteiger partial charge < -0.3 is 15.0 Å². The molecule has 23 heavy (non-hydrogen) atoms. The van der Waals surface area contributed by atoms with Gasteiger partial charge in [-0.05, 0) is 25.1 Å². The maximum atomic E-state index is 13.0. The third-order valence-electron chi connectivity index (χ3n) is 2.59. The van der Waals surface area contributed by atoms with Crippen LogP contribution in [0.25, 0.3) is 0 Å². The second kappa shape index (κ2) is 7.98. The minimum absolute atomic E-state index is 0.0603. The number of aromatic amines is 1. The quantitative estimate of drug-likeness (QED) is 0.613. The molecule has 1 aromatic heterocycles. The first-order valence-electron chi connectivity index (χ1n) is 6.59. The van der Waals surface area contributed by atoms with Crippen LogP contribution in [0.3, 0.4) is 0 Å². The maximum Gasteiger partial charge on any atom is 0.356 e. The first-order valence-corrected chi connectivity index (χ1v) is 7.95. The summed E-state index contributed by atoms with van der Waals surface area (Å²) in [6.07, 6.45) is 1.35. The first kappa shape index (κ1) is 17.3. The van der Waals surface area contributed by atoms with E-state index in [1.54, 1.807) is 6.92 Å². The van der Waals surface area contributed by atoms with Crippen molar-refractivity contribution in [3.05, 3.63) is 40.9 Å². The standard InChI is InChI=1S/C14H13ClFN3O3S/c1-2-22-13(21)11-6-17-14(19-11)23-7-12(20)18-8-3-4-10(16)9(15)5-8/h3-6H,2,7H2,1H3,(H,17,19)(H,18,20). The highest BCUT2D eigenvalue weighted by Crippen LogP contribution is 2.20. The Kier molecular flexibility index (Phi) is 6.00. The lowest BCUT2D eigenvalue weighted by atomic mass is 10.3. The number of hydrogen-bond acceptors (Lipinski definition) is 5. The van der Waals surface area contributed by atoms with E-state index in [1.807, 2.05) is 0 Å². The van der Waals surface area contributed by atoms with Crippen LogP contribution in [-0.4, -0.2) is 34.2 Å². The Bertz CT molecular complexity index is 723. The molecule has 6 nitrogen and oxygen atoms in total. The molecule has 0 unspecified atom stereocenters. The Hall–Kier alpha value is -2.06. The predicted octanol–water partition coefficient (Wildman–Crippen LogP) is 3.11. The number of ether oxygens (including phenoxy) is 1. The zero-order chi connectivity index (χ0) is 16.8. The fourth-order valence-corrected chi connectivity index (χ4v) is 2.42. The van der Waals surface area contributed by atoms with E-state index in [2.05, 4.69) is 15.3 Å². The van der Waals surface area contributed by atoms with Crippen molar-refractivity contribution in [1.29, 1.82) is 0 Å². The van der Waals surface area contributed by atoms with Crippen molar-refractivity contribution in [3.8, 4) is 0 Å². The fourth-order valence-electron chi connectivity index (χ4n) is 1.59. The van der Waals surface area contributed by atoms with Gasteiger partial charge in [-0.3, -0.25) is 4.79 Å². The summed E-state index contributed by atoms with van der Waals surface area (Å²) in [6, 6.07) is 3.91. The number of amides is 1. The highest BCUT2D eigenvalue weighted by molar-refractivity contribution is 7.99. The Morgan fingerprint density at radius 1 is 1.48 bits per heavy atom. The zero-order valence-electron chi connectivity index (χ0n) is 12.1. The summed E-state index contributed by atoms with van der Waals surface area (Å²) in [5.41, 5.74) is 0.619. The van der Waals surface area contributed by atoms with Crippen LogP contribution >= 0.6 is 23.4 Å². The normalized spacial score (nSPS) is 10.4. The summed E-state index contributed by atoms with van der Waals surface area (Å²) < 4.78 is 17.9. The van der Waals surface area contributed by atoms with Gasteiger partial charge in [0.15, 0.2) is 5.16 Å². The summed E-state index contributed by atoms with van der Waals surface area (Å²) in [5.74, 6) is -1.31. The number of hydrogen-bond donors (Lipinski definition) is 2. The van der Waals surface area contributed by atoms with E-state index in [0.717, 1.165) is 11.8 Å². The molecule has 0 saturated heterocycles. The summed E-state index contributed by atoms with van der Waals surface area (Å²) in [4.78, 5) is 30.0. The molecular weight excluding hydrogens is 345 g/mol. The lowest BCUT2D eigenvalue weighted by Crippen LogP contribution is -2.14. The minimum Gasteiger partial charge on any atom is -0.461 e. The molecule has 0 fully saturated rings. The van der Waals surface area contributed by atoms with Crippen molar-refractivity contribution in [2.75, 3.05) is 17.7 Å². The molecule has 0 spiro atoms. The molecule has 2 aromatic rings. The second-order valence-electron chi connectivity index (χ2n) is 4.29. The number of carbonyl (C=O) groups is 2. The number of carbonyl (C=O) groups excluding carboxylic acids is 2. The SMILES string of the molecule is CCOC(=O)c1cnc(SCC(=O)Nc2ccc(F)c(Cl)c2)[nH]1. The van der Waals surface area contributed by atoms with Crippen LogP contribution in [0.1, 0.15) is 17.4 Å². The summed E-state index contributed by atoms with van der Waals surface area (Å²) >= 11 is 6.76. The largest absolute Gasteiger partial charge is 0.461 e. The van der Waals surface area contributed by atoms with Crippen molar-refractivity contribution >= 4 is 40.9 Å². The van der Waals surface area contributed by atoms with Crippen molar-refractivity contribution in [2.24, 2.45) is 0 Å². The number of esters is 1. The Morgan fingerprint density at radius 3 is 2.96 bits per heavy atom. The van der Waals surface area contributed by atoms with E-state index in [9.17, 15) is 14.0 Å². The smallest absolute Gasteiger partial charge is 0.356 e. The number of rotatable bonds is 6. The molecule has 0 radical (unpaired) electrons. The molecule has 1 aromatic carbocycles. The van der Waals surface area contributed by atoms with Gasteiger partial charge in [0, 0.05) is 5.69 Å². The summed E-state index contributed by atoms with van der Waals surface area (Å²) in [7, 11) is 0. The van der Waals surface area contributed by atoms with E-state index < -0.39 is 11.8 Å². The number of nitrogens with one attached hydrogen (secondary N) is 2. The van der Waals surface area contributed by atoms with Crippen LogP contribution in [-0.2, 0) is 9.53 Å². The molecule has 0 aliphatic heterocycles. The van der Waals surface area contributed by atoms with Crippen LogP contribution in [0.5, 0.6) is 0 Å². The number of H-pyrrole nitrogens is 1. The Labute approximate surface area is 140 Å². The van der Waals surface area contributed by atoms with Gasteiger partial charge in [-0.2, -0.15) is 0 Å². The van der Waals surface area contributed by atoms with Crippen molar-refractivity contribution < 1.29 is 18.7 Å². The molecule has 0 aliphatic carbocycles. The highest BCUT2D eigenvalue weighted by Gasteiger charge is 2.12. The van der Waals surface area contributed by atoms with Gasteiger partial charge >= 0.3 is 5.97 Å². The third-order valence-corrected chi connectivity index (χ3v) is 3.77. The molecule has 9 heteroatoms. The predicted molar refractivity (Wildman–Crippen MR) is 85.3 cm³/mol. The lowest BCUT2D eigenvalue weighted by molar-refractivity contribution is -0.113. The van der Waals surface area contributed by atoms with Gasteiger partial charge in [0.2, 0.25) is 5.91 Å². The van der Waals surface area contributed by atoms with Crippen molar-refractivity contribution in [3.63, 3.8) is 0 Å². The average Bonchev–Trinajstić information content (AvgIpc) is 2.98. The van der Waals surface area contributed by atoms with E-state index >= 15 is 0 Å². The minimum atomic E-state index is -0.555. The first-order chi connectivity index (χ1) is 11.0. The van der Waals surface area contributed by atoms with Crippen LogP contribution in [0.2, 0.25) is 5.02 Å². The number of aromatic nitrogens is 2. The van der Waals surface area contributed by atoms with E-state index in [-0.39, 0.29) is 29.0 Å². The molecule has 0 bridgehead atoms. The zero-order valence-corrected chi connectivity index (χ0v) is 13.6. The van der Waals surface area contributed by atoms with Crippen LogP contribution < -0.4 is 5.32 Å². The van der Waals surface area contributed by atoms with Gasteiger partial charge in [-0.25, -0.2) is 14.2 Å². The van der Waals surface area contributed by atoms with Crippen LogP contribution in [0, 0.1) is 5.82 Å². The highest BCUT2D eigenvalue weighted by atomic mass is 35.5. The van der Waals surface area contributed by atoms with Crippen molar-refractivity contribution in [1.82, 2.24) is 9.97 Å². The monoisotopic (exact) mass is 357 g/mol. The van der Waals surface area contributed by atoms with Gasteiger partial charge in [0.25, 0.3) is 0 Å². The Morgan fingerprint density at radius 2 is 2.26 bits per heavy atom. The van der Waals surface area contributed by atoms with Gasteiger partial charge in [-0.15, -0.1) is 0 Å². The van der Waals surface area contributed by atoms with Gasteiger partial charge in [0.05, 0.1) is 23.6 Å². The van der Waals surface area contributed by atoms with Gasteiger partial charge in [-0.1, -0.05) is 23.4 Å². The van der Waals surface area contributed by atoms with Gasteiger partial charge in [0.1, 0.15) is 11.5 Å². The Balaban J connectivity index is 1.86. The van der Waals surface area contributed by atoms with E-state index in [1.165, 1.54) is 24.4 Å². The number of anilines is 1. The molecule has 0 saturated carbocycles. The summed E-state index contributed by atoms with van der Waals surface area (Å²) in [6.45, 7) is 1.97. The fraction of sp³-hybridized carbons (Fsp3) is 0.214.